The number of anilines is 2. The molecule has 1 saturated heterocycles. The number of carbonyl (C=O) groups is 1. The van der Waals surface area contributed by atoms with Crippen molar-refractivity contribution in [3.63, 3.8) is 0 Å². The molecule has 3 N–H and O–H groups in total. The number of nitrogens with zero attached hydrogens (tertiary/aromatic N) is 1. The maximum absolute atomic E-state index is 11.1. The Kier molecular flexibility index (Phi) is 6.76. The summed E-state index contributed by atoms with van der Waals surface area (Å²) < 4.78 is 5.32. The van der Waals surface area contributed by atoms with E-state index >= 15 is 0 Å². The molecule has 23 heavy (non-hydrogen) atoms. The number of hydrogen-bond donors (Lipinski definition) is 3. The van der Waals surface area contributed by atoms with Crippen molar-refractivity contribution in [2.75, 3.05) is 50.0 Å². The van der Waals surface area contributed by atoms with Gasteiger partial charge >= 0.3 is 0 Å². The van der Waals surface area contributed by atoms with Gasteiger partial charge in [0.15, 0.2) is 5.11 Å². The molecule has 6 nitrogen and oxygen atoms in total. The van der Waals surface area contributed by atoms with E-state index in [1.54, 1.807) is 0 Å². The Hall–Kier alpha value is -1.70. The molecule has 0 atom stereocenters. The summed E-state index contributed by atoms with van der Waals surface area (Å²) in [6, 6.07) is 5.73. The molecule has 0 radical (unpaired) electrons. The largest absolute Gasteiger partial charge is 0.379 e. The Labute approximate surface area is 142 Å². The van der Waals surface area contributed by atoms with Gasteiger partial charge in [-0.2, -0.15) is 0 Å². The molecular weight excluding hydrogens is 312 g/mol. The lowest BCUT2D eigenvalue weighted by Crippen LogP contribution is -2.42. The average Bonchev–Trinajstić information content (AvgIpc) is 2.51. The maximum Gasteiger partial charge on any atom is 0.221 e. The van der Waals surface area contributed by atoms with Crippen molar-refractivity contribution in [3.8, 4) is 0 Å². The fourth-order valence-electron chi connectivity index (χ4n) is 2.40. The molecule has 0 aromatic heterocycles. The highest BCUT2D eigenvalue weighted by Crippen LogP contribution is 2.19. The van der Waals surface area contributed by atoms with Gasteiger partial charge in [0, 0.05) is 44.5 Å². The van der Waals surface area contributed by atoms with Crippen LogP contribution in [-0.2, 0) is 9.53 Å². The first-order valence-electron chi connectivity index (χ1n) is 7.78. The number of amides is 1. The number of morpholine rings is 1. The van der Waals surface area contributed by atoms with E-state index < -0.39 is 0 Å². The van der Waals surface area contributed by atoms with E-state index in [-0.39, 0.29) is 5.91 Å². The molecule has 126 valence electrons. The highest BCUT2D eigenvalue weighted by molar-refractivity contribution is 7.80. The van der Waals surface area contributed by atoms with Crippen LogP contribution < -0.4 is 16.0 Å². The lowest BCUT2D eigenvalue weighted by molar-refractivity contribution is -0.114. The number of aryl methyl sites for hydroxylation is 1. The van der Waals surface area contributed by atoms with Crippen LogP contribution in [0.25, 0.3) is 0 Å². The van der Waals surface area contributed by atoms with E-state index in [9.17, 15) is 4.79 Å². The van der Waals surface area contributed by atoms with E-state index in [1.807, 2.05) is 25.1 Å². The third-order valence-electron chi connectivity index (χ3n) is 3.61. The molecule has 1 aromatic carbocycles. The molecule has 1 aromatic rings. The zero-order valence-corrected chi connectivity index (χ0v) is 14.5. The predicted molar refractivity (Wildman–Crippen MR) is 97.0 cm³/mol. The van der Waals surface area contributed by atoms with Crippen molar-refractivity contribution in [1.82, 2.24) is 10.2 Å². The van der Waals surface area contributed by atoms with E-state index in [4.69, 9.17) is 17.0 Å². The molecule has 0 aliphatic carbocycles. The Morgan fingerprint density at radius 1 is 1.30 bits per heavy atom. The number of nitrogens with one attached hydrogen (secondary N) is 3. The van der Waals surface area contributed by atoms with Crippen molar-refractivity contribution >= 4 is 34.6 Å². The monoisotopic (exact) mass is 336 g/mol. The number of hydrogen-bond acceptors (Lipinski definition) is 4. The minimum Gasteiger partial charge on any atom is -0.379 e. The summed E-state index contributed by atoms with van der Waals surface area (Å²) in [7, 11) is 0. The van der Waals surface area contributed by atoms with E-state index in [0.717, 1.165) is 56.3 Å². The molecule has 1 heterocycles. The van der Waals surface area contributed by atoms with Crippen molar-refractivity contribution < 1.29 is 9.53 Å². The number of benzene rings is 1. The SMILES string of the molecule is CC(=O)Nc1ccc(NC(=S)NCCN2CCOCC2)cc1C. The Morgan fingerprint density at radius 3 is 2.70 bits per heavy atom. The quantitative estimate of drug-likeness (QED) is 0.710. The normalized spacial score (nSPS) is 15.0. The standard InChI is InChI=1S/C16H24N4O2S/c1-12-11-14(3-4-15(12)18-13(2)21)19-16(23)17-5-6-20-7-9-22-10-8-20/h3-4,11H,5-10H2,1-2H3,(H,18,21)(H2,17,19,23). The highest BCUT2D eigenvalue weighted by Gasteiger charge is 2.09. The molecule has 1 aliphatic heterocycles. The summed E-state index contributed by atoms with van der Waals surface area (Å²) in [5.74, 6) is -0.0749. The van der Waals surface area contributed by atoms with Gasteiger partial charge in [0.2, 0.25) is 5.91 Å². The van der Waals surface area contributed by atoms with Crippen LogP contribution in [0.2, 0.25) is 0 Å². The van der Waals surface area contributed by atoms with Crippen molar-refractivity contribution in [1.29, 1.82) is 0 Å². The molecular formula is C16H24N4O2S. The molecule has 0 bridgehead atoms. The van der Waals surface area contributed by atoms with Crippen LogP contribution in [0.4, 0.5) is 11.4 Å². The fraction of sp³-hybridized carbons (Fsp3) is 0.500. The zero-order chi connectivity index (χ0) is 16.7. The smallest absolute Gasteiger partial charge is 0.221 e. The van der Waals surface area contributed by atoms with Crippen molar-refractivity contribution in [2.24, 2.45) is 0 Å². The Bertz CT molecular complexity index is 559. The van der Waals surface area contributed by atoms with Crippen LogP contribution in [0.5, 0.6) is 0 Å². The van der Waals surface area contributed by atoms with Gasteiger partial charge in [-0.3, -0.25) is 9.69 Å². The molecule has 1 fully saturated rings. The molecule has 0 unspecified atom stereocenters. The molecule has 7 heteroatoms. The van der Waals surface area contributed by atoms with E-state index in [2.05, 4.69) is 20.9 Å². The molecule has 0 saturated carbocycles. The second-order valence-electron chi connectivity index (χ2n) is 5.55. The first-order valence-corrected chi connectivity index (χ1v) is 8.18. The van der Waals surface area contributed by atoms with Gasteiger partial charge in [-0.05, 0) is 42.9 Å². The van der Waals surface area contributed by atoms with Crippen LogP contribution in [0, 0.1) is 6.92 Å². The third-order valence-corrected chi connectivity index (χ3v) is 3.86. The first-order chi connectivity index (χ1) is 11.0. The van der Waals surface area contributed by atoms with Gasteiger partial charge in [0.1, 0.15) is 0 Å². The zero-order valence-electron chi connectivity index (χ0n) is 13.6. The van der Waals surface area contributed by atoms with Crippen LogP contribution in [0.3, 0.4) is 0 Å². The Balaban J connectivity index is 1.76. The van der Waals surface area contributed by atoms with Gasteiger partial charge < -0.3 is 20.7 Å². The lowest BCUT2D eigenvalue weighted by atomic mass is 10.2. The maximum atomic E-state index is 11.1. The van der Waals surface area contributed by atoms with E-state index in [1.165, 1.54) is 6.92 Å². The lowest BCUT2D eigenvalue weighted by Gasteiger charge is -2.26. The van der Waals surface area contributed by atoms with Crippen LogP contribution in [0.1, 0.15) is 12.5 Å². The van der Waals surface area contributed by atoms with Gasteiger partial charge in [-0.25, -0.2) is 0 Å². The summed E-state index contributed by atoms with van der Waals surface area (Å²) in [5, 5.41) is 9.77. The molecule has 1 amide bonds. The van der Waals surface area contributed by atoms with Gasteiger partial charge in [-0.15, -0.1) is 0 Å². The molecule has 0 spiro atoms. The number of carbonyl (C=O) groups excluding carboxylic acids is 1. The molecule has 2 rings (SSSR count). The summed E-state index contributed by atoms with van der Waals surface area (Å²) in [4.78, 5) is 13.5. The summed E-state index contributed by atoms with van der Waals surface area (Å²) in [5.41, 5.74) is 2.70. The third kappa shape index (κ3) is 6.13. The van der Waals surface area contributed by atoms with Gasteiger partial charge in [-0.1, -0.05) is 0 Å². The van der Waals surface area contributed by atoms with Crippen LogP contribution in [-0.4, -0.2) is 55.3 Å². The van der Waals surface area contributed by atoms with Gasteiger partial charge in [0.05, 0.1) is 13.2 Å². The predicted octanol–water partition coefficient (Wildman–Crippen LogP) is 1.57. The number of ether oxygens (including phenoxy) is 1. The number of thiocarbonyl (C=S) groups is 1. The minimum absolute atomic E-state index is 0.0749. The fourth-order valence-corrected chi connectivity index (χ4v) is 2.62. The van der Waals surface area contributed by atoms with Gasteiger partial charge in [0.25, 0.3) is 0 Å². The van der Waals surface area contributed by atoms with Crippen molar-refractivity contribution in [2.45, 2.75) is 13.8 Å². The highest BCUT2D eigenvalue weighted by atomic mass is 32.1. The van der Waals surface area contributed by atoms with Crippen LogP contribution >= 0.6 is 12.2 Å². The van der Waals surface area contributed by atoms with E-state index in [0.29, 0.717) is 5.11 Å². The second-order valence-corrected chi connectivity index (χ2v) is 5.95. The summed E-state index contributed by atoms with van der Waals surface area (Å²) in [6.45, 7) is 8.77. The van der Waals surface area contributed by atoms with Crippen molar-refractivity contribution in [3.05, 3.63) is 23.8 Å². The Morgan fingerprint density at radius 2 is 2.04 bits per heavy atom. The number of rotatable bonds is 5. The minimum atomic E-state index is -0.0749. The van der Waals surface area contributed by atoms with Crippen LogP contribution in [0.15, 0.2) is 18.2 Å². The summed E-state index contributed by atoms with van der Waals surface area (Å²) in [6.07, 6.45) is 0. The first kappa shape index (κ1) is 17.7. The second kappa shape index (κ2) is 8.81. The molecule has 1 aliphatic rings. The average molecular weight is 336 g/mol. The topological polar surface area (TPSA) is 65.6 Å². The summed E-state index contributed by atoms with van der Waals surface area (Å²) >= 11 is 5.31.